The van der Waals surface area contributed by atoms with Crippen LogP contribution in [0, 0.1) is 40.2 Å². The van der Waals surface area contributed by atoms with Crippen molar-refractivity contribution in [3.63, 3.8) is 0 Å². The number of ether oxygens (including phenoxy) is 1. The third kappa shape index (κ3) is 5.24. The summed E-state index contributed by atoms with van der Waals surface area (Å²) in [6, 6.07) is 6.94. The molecule has 170 valence electrons. The number of carbonyl (C=O) groups excluding carboxylic acids is 1. The van der Waals surface area contributed by atoms with Crippen LogP contribution in [0.1, 0.15) is 60.3 Å². The third-order valence-corrected chi connectivity index (χ3v) is 7.27. The number of nitrogens with zero attached hydrogens (tertiary/aromatic N) is 2. The number of ketones is 1. The predicted molar refractivity (Wildman–Crippen MR) is 128 cm³/mol. The fourth-order valence-corrected chi connectivity index (χ4v) is 5.23. The van der Waals surface area contributed by atoms with E-state index in [-0.39, 0.29) is 27.8 Å². The molecule has 0 N–H and O–H groups in total. The van der Waals surface area contributed by atoms with Gasteiger partial charge in [0.05, 0.1) is 6.61 Å². The Bertz CT molecular complexity index is 1220. The monoisotopic (exact) mass is 530 g/mol. The lowest BCUT2D eigenvalue weighted by atomic mass is 9.99. The summed E-state index contributed by atoms with van der Waals surface area (Å²) >= 11 is 4.81. The van der Waals surface area contributed by atoms with E-state index in [1.54, 1.807) is 18.2 Å². The standard InChI is InChI=1S/C25H21BrF2N2O2S/c1-3-5-6-14(4-2)13-32-22-8-16(33-25(22)26)7-19-23(15(11-29)12-30)17-9-20(27)21(28)10-18(17)24(19)31/h7-10,14H,3-6,13H2,1-2H3/b19-7-. The fourth-order valence-electron chi connectivity index (χ4n) is 3.68. The van der Waals surface area contributed by atoms with Crippen LogP contribution in [0.3, 0.4) is 0 Å². The minimum absolute atomic E-state index is 0.0107. The van der Waals surface area contributed by atoms with Gasteiger partial charge in [-0.3, -0.25) is 4.79 Å². The van der Waals surface area contributed by atoms with Crippen LogP contribution >= 0.6 is 27.3 Å². The lowest BCUT2D eigenvalue weighted by molar-refractivity contribution is 0.104. The van der Waals surface area contributed by atoms with E-state index in [0.717, 1.165) is 41.6 Å². The molecule has 0 amide bonds. The van der Waals surface area contributed by atoms with Crippen molar-refractivity contribution in [2.24, 2.45) is 5.92 Å². The Morgan fingerprint density at radius 3 is 2.45 bits per heavy atom. The van der Waals surface area contributed by atoms with Crippen molar-refractivity contribution < 1.29 is 18.3 Å². The predicted octanol–water partition coefficient (Wildman–Crippen LogP) is 7.46. The SMILES string of the molecule is CCCCC(CC)COc1cc(/C=C2\C(=O)c3cc(F)c(F)cc3C2=C(C#N)C#N)sc1Br. The quantitative estimate of drug-likeness (QED) is 0.262. The Labute approximate surface area is 203 Å². The number of carbonyl (C=O) groups is 1. The first kappa shape index (κ1) is 24.8. The van der Waals surface area contributed by atoms with E-state index < -0.39 is 17.4 Å². The van der Waals surface area contributed by atoms with Gasteiger partial charge in [-0.1, -0.05) is 33.1 Å². The van der Waals surface area contributed by atoms with Crippen LogP contribution in [0.25, 0.3) is 11.6 Å². The first-order valence-electron chi connectivity index (χ1n) is 10.6. The minimum atomic E-state index is -1.17. The van der Waals surface area contributed by atoms with E-state index in [4.69, 9.17) is 4.74 Å². The van der Waals surface area contributed by atoms with E-state index in [1.807, 2.05) is 0 Å². The number of halogens is 3. The molecule has 1 aliphatic carbocycles. The van der Waals surface area contributed by atoms with Crippen molar-refractivity contribution in [2.75, 3.05) is 6.61 Å². The van der Waals surface area contributed by atoms with Gasteiger partial charge in [0, 0.05) is 21.6 Å². The Hall–Kier alpha value is -2.81. The number of nitriles is 2. The Morgan fingerprint density at radius 2 is 1.85 bits per heavy atom. The summed E-state index contributed by atoms with van der Waals surface area (Å²) in [6.07, 6.45) is 5.90. The largest absolute Gasteiger partial charge is 0.491 e. The molecule has 0 saturated carbocycles. The minimum Gasteiger partial charge on any atom is -0.491 e. The van der Waals surface area contributed by atoms with E-state index >= 15 is 0 Å². The first-order chi connectivity index (χ1) is 15.8. The first-order valence-corrected chi connectivity index (χ1v) is 12.2. The summed E-state index contributed by atoms with van der Waals surface area (Å²) in [5.74, 6) is -1.81. The summed E-state index contributed by atoms with van der Waals surface area (Å²) < 4.78 is 34.4. The summed E-state index contributed by atoms with van der Waals surface area (Å²) in [5, 5.41) is 18.8. The van der Waals surface area contributed by atoms with Gasteiger partial charge >= 0.3 is 0 Å². The van der Waals surface area contributed by atoms with E-state index in [0.29, 0.717) is 23.2 Å². The van der Waals surface area contributed by atoms with Crippen molar-refractivity contribution in [3.8, 4) is 17.9 Å². The number of allylic oxidation sites excluding steroid dienone is 3. The van der Waals surface area contributed by atoms with Gasteiger partial charge in [0.1, 0.15) is 27.2 Å². The fraction of sp³-hybridized carbons (Fsp3) is 0.320. The van der Waals surface area contributed by atoms with Crippen molar-refractivity contribution in [1.82, 2.24) is 0 Å². The van der Waals surface area contributed by atoms with Crippen molar-refractivity contribution in [1.29, 1.82) is 10.5 Å². The average molecular weight is 531 g/mol. The second-order valence-corrected chi connectivity index (χ2v) is 10.1. The van der Waals surface area contributed by atoms with Crippen LogP contribution in [-0.4, -0.2) is 12.4 Å². The molecule has 1 aliphatic rings. The molecule has 0 spiro atoms. The number of hydrogen-bond donors (Lipinski definition) is 0. The summed E-state index contributed by atoms with van der Waals surface area (Å²) in [4.78, 5) is 13.7. The zero-order chi connectivity index (χ0) is 24.1. The van der Waals surface area contributed by atoms with E-state index in [2.05, 4.69) is 29.8 Å². The molecule has 33 heavy (non-hydrogen) atoms. The second-order valence-electron chi connectivity index (χ2n) is 7.69. The number of Topliss-reactive ketones (excluding diaryl/α,β-unsaturated/α-hetero) is 1. The molecule has 0 radical (unpaired) electrons. The van der Waals surface area contributed by atoms with Crippen LogP contribution in [-0.2, 0) is 0 Å². The van der Waals surface area contributed by atoms with E-state index in [9.17, 15) is 24.1 Å². The second kappa shape index (κ2) is 10.9. The molecule has 1 aromatic heterocycles. The number of benzene rings is 1. The molecule has 0 aliphatic heterocycles. The Morgan fingerprint density at radius 1 is 1.18 bits per heavy atom. The number of rotatable bonds is 8. The smallest absolute Gasteiger partial charge is 0.194 e. The lowest BCUT2D eigenvalue weighted by Gasteiger charge is -2.15. The lowest BCUT2D eigenvalue weighted by Crippen LogP contribution is -2.11. The average Bonchev–Trinajstić information content (AvgIpc) is 3.27. The van der Waals surface area contributed by atoms with E-state index in [1.165, 1.54) is 17.4 Å². The van der Waals surface area contributed by atoms with Gasteiger partial charge < -0.3 is 4.74 Å². The molecule has 3 rings (SSSR count). The maximum atomic E-state index is 13.9. The van der Waals surface area contributed by atoms with Gasteiger partial charge in [-0.05, 0) is 58.1 Å². The highest BCUT2D eigenvalue weighted by molar-refractivity contribution is 9.11. The normalized spacial score (nSPS) is 14.7. The van der Waals surface area contributed by atoms with Crippen LogP contribution in [0.4, 0.5) is 8.78 Å². The molecule has 8 heteroatoms. The number of thiophene rings is 1. The molecule has 0 saturated heterocycles. The van der Waals surface area contributed by atoms with Crippen molar-refractivity contribution >= 4 is 44.7 Å². The van der Waals surface area contributed by atoms with Crippen LogP contribution in [0.5, 0.6) is 5.75 Å². The van der Waals surface area contributed by atoms with Gasteiger partial charge in [-0.2, -0.15) is 10.5 Å². The highest BCUT2D eigenvalue weighted by Gasteiger charge is 2.34. The van der Waals surface area contributed by atoms with Gasteiger partial charge in [-0.15, -0.1) is 11.3 Å². The highest BCUT2D eigenvalue weighted by atomic mass is 79.9. The molecule has 0 fully saturated rings. The maximum absolute atomic E-state index is 13.9. The molecule has 1 atom stereocenters. The molecule has 1 unspecified atom stereocenters. The number of hydrogen-bond acceptors (Lipinski definition) is 5. The number of fused-ring (bicyclic) bond motifs is 1. The van der Waals surface area contributed by atoms with Gasteiger partial charge in [-0.25, -0.2) is 8.78 Å². The maximum Gasteiger partial charge on any atom is 0.194 e. The molecule has 4 nitrogen and oxygen atoms in total. The molecule has 1 aromatic carbocycles. The summed E-state index contributed by atoms with van der Waals surface area (Å²) in [5.41, 5.74) is -0.323. The third-order valence-electron chi connectivity index (χ3n) is 5.54. The van der Waals surface area contributed by atoms with Crippen LogP contribution in [0.15, 0.2) is 33.1 Å². The molecular weight excluding hydrogens is 510 g/mol. The van der Waals surface area contributed by atoms with Crippen LogP contribution in [0.2, 0.25) is 0 Å². The number of unbranched alkanes of at least 4 members (excludes halogenated alkanes) is 1. The Kier molecular flexibility index (Phi) is 8.18. The van der Waals surface area contributed by atoms with Crippen molar-refractivity contribution in [2.45, 2.75) is 39.5 Å². The summed E-state index contributed by atoms with van der Waals surface area (Å²) in [7, 11) is 0. The Balaban J connectivity index is 1.98. The van der Waals surface area contributed by atoms with Gasteiger partial charge in [0.25, 0.3) is 0 Å². The zero-order valence-corrected chi connectivity index (χ0v) is 20.6. The van der Waals surface area contributed by atoms with Gasteiger partial charge in [0.15, 0.2) is 17.4 Å². The zero-order valence-electron chi connectivity index (χ0n) is 18.2. The highest BCUT2D eigenvalue weighted by Crippen LogP contribution is 2.43. The van der Waals surface area contributed by atoms with Crippen LogP contribution < -0.4 is 4.74 Å². The van der Waals surface area contributed by atoms with Gasteiger partial charge in [0.2, 0.25) is 0 Å². The van der Waals surface area contributed by atoms with Crippen molar-refractivity contribution in [3.05, 3.63) is 60.8 Å². The molecule has 0 bridgehead atoms. The summed E-state index contributed by atoms with van der Waals surface area (Å²) in [6.45, 7) is 4.86. The molecule has 1 heterocycles. The topological polar surface area (TPSA) is 73.9 Å². The molecular formula is C25H21BrF2N2O2S. The molecule has 2 aromatic rings.